The summed E-state index contributed by atoms with van der Waals surface area (Å²) in [6.07, 6.45) is 3.04. The summed E-state index contributed by atoms with van der Waals surface area (Å²) in [7, 11) is 0. The second-order valence-corrected chi connectivity index (χ2v) is 4.80. The van der Waals surface area contributed by atoms with Crippen LogP contribution in [0.15, 0.2) is 6.20 Å². The van der Waals surface area contributed by atoms with Crippen LogP contribution < -0.4 is 5.32 Å². The molecule has 1 aromatic rings. The predicted octanol–water partition coefficient (Wildman–Crippen LogP) is 0.724. The average Bonchev–Trinajstić information content (AvgIpc) is 2.81. The van der Waals surface area contributed by atoms with Gasteiger partial charge in [-0.05, 0) is 19.8 Å². The molecule has 2 amide bonds. The van der Waals surface area contributed by atoms with Crippen LogP contribution in [0, 0.1) is 12.8 Å². The predicted molar refractivity (Wildman–Crippen MR) is 67.5 cm³/mol. The zero-order valence-corrected chi connectivity index (χ0v) is 10.8. The van der Waals surface area contributed by atoms with Crippen LogP contribution in [0.1, 0.15) is 24.1 Å². The molecule has 1 atom stereocenters. The monoisotopic (exact) mass is 266 g/mol. The van der Waals surface area contributed by atoms with Crippen molar-refractivity contribution < 1.29 is 14.7 Å². The Morgan fingerprint density at radius 3 is 3.05 bits per heavy atom. The van der Waals surface area contributed by atoms with Gasteiger partial charge in [-0.25, -0.2) is 4.79 Å². The molecule has 0 saturated carbocycles. The number of rotatable bonds is 3. The first-order valence-corrected chi connectivity index (χ1v) is 6.32. The van der Waals surface area contributed by atoms with Crippen molar-refractivity contribution >= 4 is 12.0 Å². The number of carboxylic acid groups (broad SMARTS) is 1. The fourth-order valence-electron chi connectivity index (χ4n) is 2.20. The molecule has 0 aromatic carbocycles. The normalized spacial score (nSPS) is 19.2. The highest BCUT2D eigenvalue weighted by Crippen LogP contribution is 2.16. The number of carboxylic acids is 1. The zero-order chi connectivity index (χ0) is 13.8. The van der Waals surface area contributed by atoms with E-state index >= 15 is 0 Å². The molecule has 1 aliphatic rings. The van der Waals surface area contributed by atoms with Gasteiger partial charge in [0.15, 0.2) is 0 Å². The maximum absolute atomic E-state index is 12.0. The van der Waals surface area contributed by atoms with Gasteiger partial charge in [0.25, 0.3) is 0 Å². The number of piperidine rings is 1. The molecule has 1 aliphatic heterocycles. The minimum Gasteiger partial charge on any atom is -0.481 e. The Morgan fingerprint density at radius 1 is 1.63 bits per heavy atom. The van der Waals surface area contributed by atoms with Crippen molar-refractivity contribution in [1.29, 1.82) is 0 Å². The Kier molecular flexibility index (Phi) is 4.03. The Bertz CT molecular complexity index is 471. The van der Waals surface area contributed by atoms with Gasteiger partial charge in [-0.2, -0.15) is 5.10 Å². The van der Waals surface area contributed by atoms with Gasteiger partial charge in [0.2, 0.25) is 0 Å². The Labute approximate surface area is 111 Å². The van der Waals surface area contributed by atoms with Gasteiger partial charge in [0.05, 0.1) is 12.1 Å². The summed E-state index contributed by atoms with van der Waals surface area (Å²) in [6.45, 7) is 3.18. The number of aromatic amines is 1. The van der Waals surface area contributed by atoms with E-state index in [-0.39, 0.29) is 12.6 Å². The molecule has 2 heterocycles. The summed E-state index contributed by atoms with van der Waals surface area (Å²) in [4.78, 5) is 24.5. The van der Waals surface area contributed by atoms with E-state index in [0.29, 0.717) is 19.5 Å². The van der Waals surface area contributed by atoms with Gasteiger partial charge >= 0.3 is 12.0 Å². The van der Waals surface area contributed by atoms with Gasteiger partial charge in [0, 0.05) is 30.9 Å². The van der Waals surface area contributed by atoms with Gasteiger partial charge in [0.1, 0.15) is 0 Å². The third-order valence-electron chi connectivity index (χ3n) is 3.42. The number of hydrogen-bond acceptors (Lipinski definition) is 3. The van der Waals surface area contributed by atoms with E-state index in [1.54, 1.807) is 11.1 Å². The smallest absolute Gasteiger partial charge is 0.317 e. The standard InChI is InChI=1S/C12H18N4O3/c1-8-10(6-14-15-8)5-13-12(19)16-4-2-3-9(7-16)11(17)18/h6,9H,2-5,7H2,1H3,(H,13,19)(H,14,15)(H,17,18)/t9-/m1/s1. The van der Waals surface area contributed by atoms with E-state index in [2.05, 4.69) is 15.5 Å². The molecule has 7 nitrogen and oxygen atoms in total. The number of carbonyl (C=O) groups excluding carboxylic acids is 1. The molecule has 1 fully saturated rings. The summed E-state index contributed by atoms with van der Waals surface area (Å²) in [5, 5.41) is 18.5. The molecule has 19 heavy (non-hydrogen) atoms. The number of hydrogen-bond donors (Lipinski definition) is 3. The lowest BCUT2D eigenvalue weighted by molar-refractivity contribution is -0.143. The van der Waals surface area contributed by atoms with Gasteiger partial charge < -0.3 is 15.3 Å². The Balaban J connectivity index is 1.86. The summed E-state index contributed by atoms with van der Waals surface area (Å²) in [6, 6.07) is -0.216. The first-order chi connectivity index (χ1) is 9.08. The van der Waals surface area contributed by atoms with Crippen LogP contribution >= 0.6 is 0 Å². The lowest BCUT2D eigenvalue weighted by atomic mass is 9.99. The van der Waals surface area contributed by atoms with E-state index in [0.717, 1.165) is 17.7 Å². The lowest BCUT2D eigenvalue weighted by Crippen LogP contribution is -2.46. The maximum atomic E-state index is 12.0. The van der Waals surface area contributed by atoms with Crippen LogP contribution in [0.3, 0.4) is 0 Å². The SMILES string of the molecule is Cc1[nH]ncc1CNC(=O)N1CCC[C@@H](C(=O)O)C1. The molecule has 0 aliphatic carbocycles. The number of nitrogens with one attached hydrogen (secondary N) is 2. The summed E-state index contributed by atoms with van der Waals surface area (Å²) < 4.78 is 0. The van der Waals surface area contributed by atoms with Crippen LogP contribution in [0.4, 0.5) is 4.79 Å². The van der Waals surface area contributed by atoms with E-state index in [1.165, 1.54) is 0 Å². The fourth-order valence-corrected chi connectivity index (χ4v) is 2.20. The lowest BCUT2D eigenvalue weighted by Gasteiger charge is -2.30. The molecule has 0 bridgehead atoms. The second-order valence-electron chi connectivity index (χ2n) is 4.80. The second kappa shape index (κ2) is 5.73. The third kappa shape index (κ3) is 3.24. The highest BCUT2D eigenvalue weighted by atomic mass is 16.4. The first kappa shape index (κ1) is 13.4. The molecule has 0 radical (unpaired) electrons. The van der Waals surface area contributed by atoms with Crippen molar-refractivity contribution in [1.82, 2.24) is 20.4 Å². The largest absolute Gasteiger partial charge is 0.481 e. The summed E-state index contributed by atoms with van der Waals surface area (Å²) in [5.41, 5.74) is 1.85. The summed E-state index contributed by atoms with van der Waals surface area (Å²) >= 11 is 0. The van der Waals surface area contributed by atoms with Crippen molar-refractivity contribution in [3.8, 4) is 0 Å². The molecular weight excluding hydrogens is 248 g/mol. The third-order valence-corrected chi connectivity index (χ3v) is 3.42. The highest BCUT2D eigenvalue weighted by molar-refractivity contribution is 5.76. The number of aryl methyl sites for hydroxylation is 1. The average molecular weight is 266 g/mol. The number of nitrogens with zero attached hydrogens (tertiary/aromatic N) is 2. The summed E-state index contributed by atoms with van der Waals surface area (Å²) in [5.74, 6) is -1.28. The van der Waals surface area contributed by atoms with Crippen LogP contribution in [-0.4, -0.2) is 45.3 Å². The maximum Gasteiger partial charge on any atom is 0.317 e. The van der Waals surface area contributed by atoms with Crippen LogP contribution in [0.2, 0.25) is 0 Å². The van der Waals surface area contributed by atoms with Crippen molar-refractivity contribution in [3.63, 3.8) is 0 Å². The molecule has 1 saturated heterocycles. The molecule has 7 heteroatoms. The number of H-pyrrole nitrogens is 1. The highest BCUT2D eigenvalue weighted by Gasteiger charge is 2.27. The number of amides is 2. The fraction of sp³-hybridized carbons (Fsp3) is 0.583. The molecule has 0 spiro atoms. The Hall–Kier alpha value is -2.05. The number of carbonyl (C=O) groups is 2. The van der Waals surface area contributed by atoms with Gasteiger partial charge in [-0.1, -0.05) is 0 Å². The van der Waals surface area contributed by atoms with Crippen LogP contribution in [0.25, 0.3) is 0 Å². The van der Waals surface area contributed by atoms with E-state index in [4.69, 9.17) is 5.11 Å². The minimum atomic E-state index is -0.830. The number of aliphatic carboxylic acids is 1. The van der Waals surface area contributed by atoms with E-state index in [1.807, 2.05) is 6.92 Å². The van der Waals surface area contributed by atoms with Crippen molar-refractivity contribution in [2.24, 2.45) is 5.92 Å². The quantitative estimate of drug-likeness (QED) is 0.751. The van der Waals surface area contributed by atoms with Crippen molar-refractivity contribution in [2.45, 2.75) is 26.3 Å². The molecule has 0 unspecified atom stereocenters. The van der Waals surface area contributed by atoms with E-state index < -0.39 is 11.9 Å². The van der Waals surface area contributed by atoms with Crippen LogP contribution in [0.5, 0.6) is 0 Å². The molecule has 3 N–H and O–H groups in total. The van der Waals surface area contributed by atoms with Crippen molar-refractivity contribution in [3.05, 3.63) is 17.5 Å². The molecule has 1 aromatic heterocycles. The number of likely N-dealkylation sites (tertiary alicyclic amines) is 1. The Morgan fingerprint density at radius 2 is 2.42 bits per heavy atom. The molecular formula is C12H18N4O3. The number of urea groups is 1. The topological polar surface area (TPSA) is 98.3 Å². The minimum absolute atomic E-state index is 0.216. The van der Waals surface area contributed by atoms with Crippen LogP contribution in [-0.2, 0) is 11.3 Å². The zero-order valence-electron chi connectivity index (χ0n) is 10.8. The molecule has 104 valence electrons. The van der Waals surface area contributed by atoms with Gasteiger partial charge in [-0.3, -0.25) is 9.89 Å². The number of aromatic nitrogens is 2. The first-order valence-electron chi connectivity index (χ1n) is 6.32. The van der Waals surface area contributed by atoms with Crippen molar-refractivity contribution in [2.75, 3.05) is 13.1 Å². The van der Waals surface area contributed by atoms with Gasteiger partial charge in [-0.15, -0.1) is 0 Å². The molecule has 2 rings (SSSR count). The van der Waals surface area contributed by atoms with E-state index in [9.17, 15) is 9.59 Å².